The number of rotatable bonds is 11. The number of para-hydroxylation sites is 1. The fourth-order valence-electron chi connectivity index (χ4n) is 4.31. The third-order valence-electron chi connectivity index (χ3n) is 6.03. The molecular weight excluding hydrogens is 448 g/mol. The van der Waals surface area contributed by atoms with Crippen molar-refractivity contribution in [3.63, 3.8) is 0 Å². The van der Waals surface area contributed by atoms with E-state index in [9.17, 15) is 4.79 Å². The molecule has 1 saturated carbocycles. The number of aromatic nitrogens is 3. The molecule has 8 heteroatoms. The number of hydrogen-bond donors (Lipinski definition) is 1. The number of Topliss-reactive ketones (excluding diaryl/α,β-unsaturated/α-hetero) is 1. The maximum atomic E-state index is 11.8. The molecule has 0 unspecified atom stereocenters. The summed E-state index contributed by atoms with van der Waals surface area (Å²) >= 11 is 1.65. The summed E-state index contributed by atoms with van der Waals surface area (Å²) in [6, 6.07) is 15.7. The van der Waals surface area contributed by atoms with Crippen molar-refractivity contribution < 1.29 is 14.3 Å². The number of anilines is 1. The van der Waals surface area contributed by atoms with Crippen molar-refractivity contribution in [3.8, 4) is 11.5 Å². The Labute approximate surface area is 205 Å². The molecule has 3 aromatic rings. The average Bonchev–Trinajstić information content (AvgIpc) is 3.29. The van der Waals surface area contributed by atoms with E-state index in [-0.39, 0.29) is 5.78 Å². The van der Waals surface area contributed by atoms with Gasteiger partial charge in [0, 0.05) is 23.5 Å². The Bertz CT molecular complexity index is 1100. The van der Waals surface area contributed by atoms with Crippen LogP contribution in [0.3, 0.4) is 0 Å². The molecule has 34 heavy (non-hydrogen) atoms. The Balaban J connectivity index is 1.42. The van der Waals surface area contributed by atoms with E-state index in [0.29, 0.717) is 30.5 Å². The van der Waals surface area contributed by atoms with Gasteiger partial charge < -0.3 is 19.4 Å². The van der Waals surface area contributed by atoms with Gasteiger partial charge >= 0.3 is 0 Å². The van der Waals surface area contributed by atoms with Gasteiger partial charge in [0.1, 0.15) is 11.5 Å². The van der Waals surface area contributed by atoms with Crippen LogP contribution in [0.2, 0.25) is 0 Å². The quantitative estimate of drug-likeness (QED) is 0.212. The Morgan fingerprint density at radius 3 is 2.74 bits per heavy atom. The van der Waals surface area contributed by atoms with Crippen LogP contribution in [0.15, 0.2) is 53.7 Å². The van der Waals surface area contributed by atoms with Gasteiger partial charge in [0.2, 0.25) is 0 Å². The van der Waals surface area contributed by atoms with E-state index in [1.807, 2.05) is 42.5 Å². The van der Waals surface area contributed by atoms with Crippen LogP contribution in [0, 0.1) is 0 Å². The molecular formula is C26H32N4O3S. The highest BCUT2D eigenvalue weighted by atomic mass is 32.2. The van der Waals surface area contributed by atoms with Crippen LogP contribution in [0.4, 0.5) is 5.69 Å². The first-order chi connectivity index (χ1) is 16.7. The third kappa shape index (κ3) is 6.11. The Kier molecular flexibility index (Phi) is 8.46. The molecule has 2 aromatic carbocycles. The van der Waals surface area contributed by atoms with E-state index in [0.717, 1.165) is 41.0 Å². The standard InChI is InChI=1S/C26H32N4O3S/c1-19(31)23-13-6-7-14-24(23)33-15-16-34-26-29-28-25(30(26)21-10-4-3-5-11-21)18-27-20-9-8-12-22(17-20)32-2/h6-9,12-14,17,21,27H,3-5,10-11,15-16,18H2,1-2H3. The topological polar surface area (TPSA) is 78.3 Å². The number of nitrogens with zero attached hydrogens (tertiary/aromatic N) is 3. The molecule has 4 rings (SSSR count). The molecule has 0 atom stereocenters. The average molecular weight is 481 g/mol. The lowest BCUT2D eigenvalue weighted by Gasteiger charge is -2.25. The number of ether oxygens (including phenoxy) is 2. The summed E-state index contributed by atoms with van der Waals surface area (Å²) in [6.45, 7) is 2.65. The number of hydrogen-bond acceptors (Lipinski definition) is 7. The zero-order chi connectivity index (χ0) is 23.8. The monoisotopic (exact) mass is 480 g/mol. The zero-order valence-corrected chi connectivity index (χ0v) is 20.6. The highest BCUT2D eigenvalue weighted by Gasteiger charge is 2.23. The molecule has 7 nitrogen and oxygen atoms in total. The number of ketones is 1. The molecule has 0 radical (unpaired) electrons. The van der Waals surface area contributed by atoms with Crippen LogP contribution >= 0.6 is 11.8 Å². The number of carbonyl (C=O) groups excluding carboxylic acids is 1. The van der Waals surface area contributed by atoms with Gasteiger partial charge in [-0.25, -0.2) is 0 Å². The van der Waals surface area contributed by atoms with Crippen molar-refractivity contribution in [3.05, 3.63) is 59.9 Å². The number of methoxy groups -OCH3 is 1. The third-order valence-corrected chi connectivity index (χ3v) is 6.94. The predicted molar refractivity (Wildman–Crippen MR) is 135 cm³/mol. The van der Waals surface area contributed by atoms with Crippen LogP contribution in [-0.4, -0.2) is 40.0 Å². The highest BCUT2D eigenvalue weighted by molar-refractivity contribution is 7.99. The van der Waals surface area contributed by atoms with Crippen LogP contribution in [0.1, 0.15) is 61.3 Å². The van der Waals surface area contributed by atoms with Crippen LogP contribution in [0.25, 0.3) is 0 Å². The van der Waals surface area contributed by atoms with Crippen LogP contribution < -0.4 is 14.8 Å². The highest BCUT2D eigenvalue weighted by Crippen LogP contribution is 2.33. The minimum atomic E-state index is 0.00784. The first-order valence-electron chi connectivity index (χ1n) is 11.8. The normalized spacial score (nSPS) is 14.1. The van der Waals surface area contributed by atoms with Crippen LogP contribution in [-0.2, 0) is 6.54 Å². The second kappa shape index (κ2) is 11.9. The van der Waals surface area contributed by atoms with E-state index >= 15 is 0 Å². The van der Waals surface area contributed by atoms with Crippen molar-refractivity contribution in [2.24, 2.45) is 0 Å². The van der Waals surface area contributed by atoms with Gasteiger partial charge in [-0.3, -0.25) is 4.79 Å². The van der Waals surface area contributed by atoms with Crippen molar-refractivity contribution in [1.82, 2.24) is 14.8 Å². The Morgan fingerprint density at radius 2 is 1.94 bits per heavy atom. The number of thioether (sulfide) groups is 1. The lowest BCUT2D eigenvalue weighted by atomic mass is 9.95. The largest absolute Gasteiger partial charge is 0.497 e. The van der Waals surface area contributed by atoms with Gasteiger partial charge in [0.15, 0.2) is 16.8 Å². The first kappa shape index (κ1) is 24.1. The molecule has 1 aliphatic rings. The molecule has 180 valence electrons. The van der Waals surface area contributed by atoms with Gasteiger partial charge in [-0.1, -0.05) is 49.2 Å². The Hall–Kier alpha value is -3.00. The minimum absolute atomic E-state index is 0.00784. The number of carbonyl (C=O) groups is 1. The van der Waals surface area contributed by atoms with E-state index in [4.69, 9.17) is 9.47 Å². The summed E-state index contributed by atoms with van der Waals surface area (Å²) in [6.07, 6.45) is 6.07. The molecule has 1 heterocycles. The summed E-state index contributed by atoms with van der Waals surface area (Å²) in [4.78, 5) is 11.8. The van der Waals surface area contributed by atoms with E-state index < -0.39 is 0 Å². The van der Waals surface area contributed by atoms with E-state index in [2.05, 4.69) is 20.1 Å². The SMILES string of the molecule is COc1cccc(NCc2nnc(SCCOc3ccccc3C(C)=O)n2C2CCCCC2)c1. The molecule has 1 fully saturated rings. The minimum Gasteiger partial charge on any atom is -0.497 e. The molecule has 0 saturated heterocycles. The molecule has 1 aliphatic carbocycles. The fourth-order valence-corrected chi connectivity index (χ4v) is 5.16. The van der Waals surface area contributed by atoms with E-state index in [1.54, 1.807) is 31.9 Å². The fraction of sp³-hybridized carbons (Fsp3) is 0.423. The molecule has 0 amide bonds. The second-order valence-corrected chi connectivity index (χ2v) is 9.46. The summed E-state index contributed by atoms with van der Waals surface area (Å²) in [5.41, 5.74) is 1.60. The summed E-state index contributed by atoms with van der Waals surface area (Å²) in [7, 11) is 1.67. The molecule has 1 aromatic heterocycles. The van der Waals surface area contributed by atoms with Crippen molar-refractivity contribution in [2.45, 2.75) is 56.8 Å². The van der Waals surface area contributed by atoms with Gasteiger partial charge in [-0.2, -0.15) is 0 Å². The molecule has 0 bridgehead atoms. The summed E-state index contributed by atoms with van der Waals surface area (Å²) in [5, 5.41) is 13.5. The van der Waals surface area contributed by atoms with Gasteiger partial charge in [0.05, 0.1) is 25.8 Å². The lowest BCUT2D eigenvalue weighted by molar-refractivity contribution is 0.101. The number of benzene rings is 2. The smallest absolute Gasteiger partial charge is 0.191 e. The lowest BCUT2D eigenvalue weighted by Crippen LogP contribution is -2.18. The van der Waals surface area contributed by atoms with Crippen molar-refractivity contribution in [1.29, 1.82) is 0 Å². The van der Waals surface area contributed by atoms with Gasteiger partial charge in [-0.15, -0.1) is 10.2 Å². The van der Waals surface area contributed by atoms with E-state index in [1.165, 1.54) is 19.3 Å². The van der Waals surface area contributed by atoms with Gasteiger partial charge in [-0.05, 0) is 44.0 Å². The predicted octanol–water partition coefficient (Wildman–Crippen LogP) is 5.78. The Morgan fingerprint density at radius 1 is 1.12 bits per heavy atom. The second-order valence-electron chi connectivity index (χ2n) is 8.40. The molecule has 1 N–H and O–H groups in total. The van der Waals surface area contributed by atoms with Gasteiger partial charge in [0.25, 0.3) is 0 Å². The maximum absolute atomic E-state index is 11.8. The summed E-state index contributed by atoms with van der Waals surface area (Å²) in [5.74, 6) is 3.13. The zero-order valence-electron chi connectivity index (χ0n) is 19.8. The first-order valence-corrected chi connectivity index (χ1v) is 12.8. The maximum Gasteiger partial charge on any atom is 0.191 e. The summed E-state index contributed by atoms with van der Waals surface area (Å²) < 4.78 is 13.6. The van der Waals surface area contributed by atoms with Crippen LogP contribution in [0.5, 0.6) is 11.5 Å². The van der Waals surface area contributed by atoms with Crippen molar-refractivity contribution in [2.75, 3.05) is 24.8 Å². The van der Waals surface area contributed by atoms with Crippen molar-refractivity contribution >= 4 is 23.2 Å². The number of nitrogens with one attached hydrogen (secondary N) is 1. The molecule has 0 aliphatic heterocycles. The molecule has 0 spiro atoms.